The molecule has 0 aliphatic heterocycles. The van der Waals surface area contributed by atoms with E-state index in [-0.39, 0.29) is 5.41 Å². The van der Waals surface area contributed by atoms with Crippen molar-refractivity contribution in [3.8, 4) is 11.1 Å². The van der Waals surface area contributed by atoms with E-state index in [1.165, 1.54) is 33.4 Å². The lowest BCUT2D eigenvalue weighted by molar-refractivity contribution is 0.590. The lowest BCUT2D eigenvalue weighted by Crippen LogP contribution is -2.12. The van der Waals surface area contributed by atoms with Gasteiger partial charge in [-0.05, 0) is 71.7 Å². The summed E-state index contributed by atoms with van der Waals surface area (Å²) in [6, 6.07) is 11.1. The first-order chi connectivity index (χ1) is 10.1. The lowest BCUT2D eigenvalue weighted by Gasteiger charge is -2.24. The molecule has 0 atom stereocenters. The third-order valence-corrected chi connectivity index (χ3v) is 4.72. The van der Waals surface area contributed by atoms with Crippen molar-refractivity contribution in [2.45, 2.75) is 47.0 Å². The highest BCUT2D eigenvalue weighted by Crippen LogP contribution is 2.37. The normalized spacial score (nSPS) is 11.6. The van der Waals surface area contributed by atoms with Crippen LogP contribution in [0.1, 0.15) is 49.9 Å². The Morgan fingerprint density at radius 3 is 2.18 bits per heavy atom. The molecule has 0 amide bonds. The summed E-state index contributed by atoms with van der Waals surface area (Å²) in [5.74, 6) is 0. The fourth-order valence-electron chi connectivity index (χ4n) is 2.75. The van der Waals surface area contributed by atoms with Crippen LogP contribution in [0.5, 0.6) is 0 Å². The molecule has 0 nitrogen and oxygen atoms in total. The number of hydrogen-bond donors (Lipinski definition) is 0. The van der Waals surface area contributed by atoms with Crippen LogP contribution in [-0.4, -0.2) is 0 Å². The van der Waals surface area contributed by atoms with E-state index >= 15 is 0 Å². The van der Waals surface area contributed by atoms with Gasteiger partial charge in [0.15, 0.2) is 0 Å². The molecule has 2 aromatic rings. The minimum Gasteiger partial charge on any atom is -0.0955 e. The summed E-state index contributed by atoms with van der Waals surface area (Å²) >= 11 is 3.61. The molecule has 0 saturated carbocycles. The number of aryl methyl sites for hydroxylation is 1. The highest BCUT2D eigenvalue weighted by molar-refractivity contribution is 9.10. The van der Waals surface area contributed by atoms with Gasteiger partial charge in [-0.25, -0.2) is 0 Å². The Bertz CT molecular complexity index is 730. The van der Waals surface area contributed by atoms with Crippen LogP contribution >= 0.6 is 15.9 Å². The van der Waals surface area contributed by atoms with Gasteiger partial charge in [-0.1, -0.05) is 67.1 Å². The fraction of sp³-hybridized carbons (Fsp3) is 0.333. The van der Waals surface area contributed by atoms with E-state index in [4.69, 9.17) is 0 Å². The maximum atomic E-state index is 4.17. The third kappa shape index (κ3) is 3.35. The number of allylic oxidation sites excluding steroid dienone is 1. The van der Waals surface area contributed by atoms with E-state index in [2.05, 4.69) is 94.4 Å². The molecule has 0 N–H and O–H groups in total. The van der Waals surface area contributed by atoms with Gasteiger partial charge in [-0.3, -0.25) is 0 Å². The van der Waals surface area contributed by atoms with Gasteiger partial charge in [0.2, 0.25) is 0 Å². The van der Waals surface area contributed by atoms with Crippen LogP contribution in [0.15, 0.2) is 41.4 Å². The van der Waals surface area contributed by atoms with Gasteiger partial charge in [0.05, 0.1) is 0 Å². The molecule has 0 aromatic heterocycles. The summed E-state index contributed by atoms with van der Waals surface area (Å²) in [6.07, 6.45) is 0. The van der Waals surface area contributed by atoms with Crippen molar-refractivity contribution in [1.29, 1.82) is 0 Å². The zero-order valence-corrected chi connectivity index (χ0v) is 16.1. The Morgan fingerprint density at radius 1 is 1.00 bits per heavy atom. The molecular weight excluding hydrogens is 332 g/mol. The first kappa shape index (κ1) is 17.0. The molecule has 1 heteroatoms. The van der Waals surface area contributed by atoms with E-state index in [0.717, 1.165) is 10.0 Å². The number of halogens is 1. The van der Waals surface area contributed by atoms with Crippen LogP contribution in [0.4, 0.5) is 0 Å². The van der Waals surface area contributed by atoms with Crippen molar-refractivity contribution in [2.24, 2.45) is 0 Å². The van der Waals surface area contributed by atoms with E-state index < -0.39 is 0 Å². The van der Waals surface area contributed by atoms with Gasteiger partial charge in [0.25, 0.3) is 0 Å². The molecule has 0 unspecified atom stereocenters. The second-order valence-electron chi connectivity index (χ2n) is 7.19. The van der Waals surface area contributed by atoms with E-state index in [1.54, 1.807) is 0 Å². The van der Waals surface area contributed by atoms with E-state index in [0.29, 0.717) is 0 Å². The number of benzene rings is 2. The molecule has 116 valence electrons. The van der Waals surface area contributed by atoms with Crippen molar-refractivity contribution in [3.05, 3.63) is 63.6 Å². The Hall–Kier alpha value is -1.34. The Balaban J connectivity index is 2.82. The molecule has 0 spiro atoms. The van der Waals surface area contributed by atoms with Crippen molar-refractivity contribution in [3.63, 3.8) is 0 Å². The van der Waals surface area contributed by atoms with Crippen LogP contribution in [0.2, 0.25) is 0 Å². The molecule has 22 heavy (non-hydrogen) atoms. The molecule has 0 bridgehead atoms. The summed E-state index contributed by atoms with van der Waals surface area (Å²) in [5.41, 5.74) is 9.06. The summed E-state index contributed by atoms with van der Waals surface area (Å²) < 4.78 is 1.12. The van der Waals surface area contributed by atoms with E-state index in [1.807, 2.05) is 0 Å². The number of rotatable bonds is 2. The largest absolute Gasteiger partial charge is 0.0955 e. The van der Waals surface area contributed by atoms with Gasteiger partial charge in [0, 0.05) is 4.47 Å². The Kier molecular flexibility index (Phi) is 4.67. The van der Waals surface area contributed by atoms with Crippen LogP contribution in [-0.2, 0) is 5.41 Å². The monoisotopic (exact) mass is 356 g/mol. The van der Waals surface area contributed by atoms with Crippen molar-refractivity contribution >= 4 is 21.5 Å². The smallest absolute Gasteiger partial charge is 0.0181 e. The third-order valence-electron chi connectivity index (χ3n) is 4.22. The molecule has 0 heterocycles. The fourth-order valence-corrected chi connectivity index (χ4v) is 3.12. The van der Waals surface area contributed by atoms with E-state index in [9.17, 15) is 0 Å². The standard InChI is InChI=1S/C21H25Br/c1-13(2)18-10-16(21(5,6)7)11-20(15(18)4)19-12-17(22)9-8-14(19)3/h8-12H,1H2,2-7H3. The van der Waals surface area contributed by atoms with Gasteiger partial charge in [0.1, 0.15) is 0 Å². The topological polar surface area (TPSA) is 0 Å². The average molecular weight is 357 g/mol. The lowest BCUT2D eigenvalue weighted by atomic mass is 9.81. The highest BCUT2D eigenvalue weighted by Gasteiger charge is 2.19. The molecule has 0 aliphatic carbocycles. The molecule has 2 aromatic carbocycles. The highest BCUT2D eigenvalue weighted by atomic mass is 79.9. The van der Waals surface area contributed by atoms with Gasteiger partial charge in [-0.15, -0.1) is 0 Å². The summed E-state index contributed by atoms with van der Waals surface area (Å²) in [5, 5.41) is 0. The Morgan fingerprint density at radius 2 is 1.64 bits per heavy atom. The zero-order valence-electron chi connectivity index (χ0n) is 14.5. The first-order valence-corrected chi connectivity index (χ1v) is 8.48. The van der Waals surface area contributed by atoms with Crippen LogP contribution in [0, 0.1) is 13.8 Å². The molecule has 0 radical (unpaired) electrons. The van der Waals surface area contributed by atoms with Crippen LogP contribution < -0.4 is 0 Å². The second kappa shape index (κ2) is 6.04. The SMILES string of the molecule is C=C(C)c1cc(C(C)(C)C)cc(-c2cc(Br)ccc2C)c1C. The van der Waals surface area contributed by atoms with Crippen molar-refractivity contribution < 1.29 is 0 Å². The minimum absolute atomic E-state index is 0.118. The summed E-state index contributed by atoms with van der Waals surface area (Å²) in [6.45, 7) is 17.4. The van der Waals surface area contributed by atoms with Gasteiger partial charge < -0.3 is 0 Å². The molecule has 2 rings (SSSR count). The molecule has 0 fully saturated rings. The maximum absolute atomic E-state index is 4.17. The Labute approximate surface area is 143 Å². The van der Waals surface area contributed by atoms with Crippen molar-refractivity contribution in [1.82, 2.24) is 0 Å². The quantitative estimate of drug-likeness (QED) is 0.539. The maximum Gasteiger partial charge on any atom is 0.0181 e. The van der Waals surface area contributed by atoms with Gasteiger partial charge in [-0.2, -0.15) is 0 Å². The van der Waals surface area contributed by atoms with Gasteiger partial charge >= 0.3 is 0 Å². The summed E-state index contributed by atoms with van der Waals surface area (Å²) in [7, 11) is 0. The van der Waals surface area contributed by atoms with Crippen LogP contribution in [0.25, 0.3) is 16.7 Å². The first-order valence-electron chi connectivity index (χ1n) is 7.69. The minimum atomic E-state index is 0.118. The number of hydrogen-bond acceptors (Lipinski definition) is 0. The van der Waals surface area contributed by atoms with Crippen LogP contribution in [0.3, 0.4) is 0 Å². The average Bonchev–Trinajstić information content (AvgIpc) is 2.40. The van der Waals surface area contributed by atoms with Crippen molar-refractivity contribution in [2.75, 3.05) is 0 Å². The molecular formula is C21H25Br. The molecule has 0 saturated heterocycles. The second-order valence-corrected chi connectivity index (χ2v) is 8.10. The zero-order chi connectivity index (χ0) is 16.7. The summed E-state index contributed by atoms with van der Waals surface area (Å²) in [4.78, 5) is 0. The predicted molar refractivity (Wildman–Crippen MR) is 102 cm³/mol. The molecule has 0 aliphatic rings. The predicted octanol–water partition coefficient (Wildman–Crippen LogP) is 7.06.